The fourth-order valence-electron chi connectivity index (χ4n) is 3.32. The molecule has 18 heavy (non-hydrogen) atoms. The number of carbonyl (C=O) groups is 1. The molecule has 3 atom stereocenters. The summed E-state index contributed by atoms with van der Waals surface area (Å²) in [5.74, 6) is 1.30. The fraction of sp³-hybridized carbons (Fsp3) is 0.692. The molecule has 0 spiro atoms. The highest BCUT2D eigenvalue weighted by atomic mass is 16.2. The molecule has 0 radical (unpaired) electrons. The van der Waals surface area contributed by atoms with Crippen LogP contribution in [0.5, 0.6) is 0 Å². The van der Waals surface area contributed by atoms with Crippen LogP contribution in [0.4, 0.5) is 0 Å². The van der Waals surface area contributed by atoms with Crippen LogP contribution in [0.2, 0.25) is 0 Å². The quantitative estimate of drug-likeness (QED) is 0.776. The number of aromatic amines is 1. The number of nitrogens with two attached hydrogens (primary N) is 1. The van der Waals surface area contributed by atoms with Crippen molar-refractivity contribution < 1.29 is 4.79 Å². The highest BCUT2D eigenvalue weighted by molar-refractivity contribution is 5.92. The van der Waals surface area contributed by atoms with Gasteiger partial charge in [0.05, 0.1) is 0 Å². The zero-order valence-electron chi connectivity index (χ0n) is 10.7. The fourth-order valence-corrected chi connectivity index (χ4v) is 3.32. The first-order chi connectivity index (χ1) is 8.63. The molecule has 1 aromatic heterocycles. The molecule has 3 N–H and O–H groups in total. The highest BCUT2D eigenvalue weighted by Crippen LogP contribution is 2.36. The van der Waals surface area contributed by atoms with Crippen LogP contribution >= 0.6 is 0 Å². The third kappa shape index (κ3) is 2.03. The van der Waals surface area contributed by atoms with Crippen molar-refractivity contribution >= 4 is 5.91 Å². The maximum absolute atomic E-state index is 12.3. The van der Waals surface area contributed by atoms with Crippen molar-refractivity contribution in [2.24, 2.45) is 17.6 Å². The summed E-state index contributed by atoms with van der Waals surface area (Å²) < 4.78 is 0. The first kappa shape index (κ1) is 11.7. The second-order valence-electron chi connectivity index (χ2n) is 5.74. The number of H-pyrrole nitrogens is 1. The number of fused-ring (bicyclic) bond motifs is 1. The molecule has 2 aliphatic rings. The predicted octanol–water partition coefficient (Wildman–Crippen LogP) is 0.918. The van der Waals surface area contributed by atoms with Crippen molar-refractivity contribution in [3.63, 3.8) is 0 Å². The lowest BCUT2D eigenvalue weighted by molar-refractivity contribution is 0.0778. The van der Waals surface area contributed by atoms with Crippen molar-refractivity contribution in [3.05, 3.63) is 17.5 Å². The van der Waals surface area contributed by atoms with Gasteiger partial charge in [-0.2, -0.15) is 5.10 Å². The Bertz CT molecular complexity index is 456. The summed E-state index contributed by atoms with van der Waals surface area (Å²) in [6, 6.07) is 2.14. The average Bonchev–Trinajstić information content (AvgIpc) is 2.93. The summed E-state index contributed by atoms with van der Waals surface area (Å²) in [6.45, 7) is 3.64. The van der Waals surface area contributed by atoms with Crippen molar-refractivity contribution in [2.45, 2.75) is 32.2 Å². The lowest BCUT2D eigenvalue weighted by atomic mass is 9.79. The summed E-state index contributed by atoms with van der Waals surface area (Å²) in [7, 11) is 0. The zero-order valence-corrected chi connectivity index (χ0v) is 10.7. The van der Waals surface area contributed by atoms with Gasteiger partial charge in [0, 0.05) is 24.8 Å². The normalized spacial score (nSPS) is 31.4. The third-order valence-electron chi connectivity index (χ3n) is 4.30. The number of hydrogen-bond donors (Lipinski definition) is 2. The van der Waals surface area contributed by atoms with Gasteiger partial charge in [0.25, 0.3) is 5.91 Å². The topological polar surface area (TPSA) is 75.0 Å². The van der Waals surface area contributed by atoms with Crippen LogP contribution in [0.15, 0.2) is 6.07 Å². The van der Waals surface area contributed by atoms with E-state index in [1.165, 1.54) is 0 Å². The molecule has 2 heterocycles. The average molecular weight is 248 g/mol. The lowest BCUT2D eigenvalue weighted by Gasteiger charge is -2.27. The standard InChI is InChI=1S/C13H20N4O/c1-8-4-12(16-15-8)13(18)17-6-9-2-3-11(14)5-10(9)7-17/h4,9-11H,2-3,5-7,14H2,1H3,(H,15,16)/t9-,10+,11?/m1/s1. The molecule has 98 valence electrons. The number of rotatable bonds is 1. The molecule has 1 saturated carbocycles. The molecule has 1 unspecified atom stereocenters. The second-order valence-corrected chi connectivity index (χ2v) is 5.74. The van der Waals surface area contributed by atoms with Gasteiger partial charge in [-0.25, -0.2) is 0 Å². The van der Waals surface area contributed by atoms with E-state index in [4.69, 9.17) is 5.73 Å². The van der Waals surface area contributed by atoms with Gasteiger partial charge in [-0.3, -0.25) is 9.89 Å². The number of nitrogens with one attached hydrogen (secondary N) is 1. The monoisotopic (exact) mass is 248 g/mol. The number of aryl methyl sites for hydroxylation is 1. The van der Waals surface area contributed by atoms with E-state index in [0.717, 1.165) is 38.0 Å². The van der Waals surface area contributed by atoms with Crippen LogP contribution in [-0.2, 0) is 0 Å². The molecule has 1 amide bonds. The second kappa shape index (κ2) is 4.39. The first-order valence-electron chi connectivity index (χ1n) is 6.70. The smallest absolute Gasteiger partial charge is 0.274 e. The number of aromatic nitrogens is 2. The predicted molar refractivity (Wildman–Crippen MR) is 68.0 cm³/mol. The summed E-state index contributed by atoms with van der Waals surface area (Å²) >= 11 is 0. The third-order valence-corrected chi connectivity index (χ3v) is 4.30. The Morgan fingerprint density at radius 1 is 1.44 bits per heavy atom. The van der Waals surface area contributed by atoms with E-state index >= 15 is 0 Å². The van der Waals surface area contributed by atoms with E-state index in [-0.39, 0.29) is 5.91 Å². The Labute approximate surface area is 107 Å². The minimum Gasteiger partial charge on any atom is -0.337 e. The van der Waals surface area contributed by atoms with E-state index in [0.29, 0.717) is 23.6 Å². The zero-order chi connectivity index (χ0) is 12.7. The minimum atomic E-state index is 0.0577. The molecule has 1 aliphatic carbocycles. The Morgan fingerprint density at radius 3 is 2.94 bits per heavy atom. The van der Waals surface area contributed by atoms with Gasteiger partial charge in [-0.1, -0.05) is 0 Å². The van der Waals surface area contributed by atoms with Crippen LogP contribution in [-0.4, -0.2) is 40.1 Å². The summed E-state index contributed by atoms with van der Waals surface area (Å²) in [6.07, 6.45) is 3.33. The molecule has 1 aliphatic heterocycles. The van der Waals surface area contributed by atoms with Gasteiger partial charge in [-0.05, 0) is 44.1 Å². The van der Waals surface area contributed by atoms with Gasteiger partial charge in [0.1, 0.15) is 5.69 Å². The molecule has 2 fully saturated rings. The van der Waals surface area contributed by atoms with E-state index in [9.17, 15) is 4.79 Å². The van der Waals surface area contributed by atoms with Gasteiger partial charge < -0.3 is 10.6 Å². The Morgan fingerprint density at radius 2 is 2.22 bits per heavy atom. The number of nitrogens with zero attached hydrogens (tertiary/aromatic N) is 2. The Hall–Kier alpha value is -1.36. The van der Waals surface area contributed by atoms with Crippen LogP contribution < -0.4 is 5.73 Å². The molecule has 0 bridgehead atoms. The maximum Gasteiger partial charge on any atom is 0.274 e. The van der Waals surface area contributed by atoms with Gasteiger partial charge in [-0.15, -0.1) is 0 Å². The van der Waals surface area contributed by atoms with E-state index in [2.05, 4.69) is 10.2 Å². The van der Waals surface area contributed by atoms with Crippen molar-refractivity contribution in [3.8, 4) is 0 Å². The van der Waals surface area contributed by atoms with Crippen LogP contribution in [0.3, 0.4) is 0 Å². The van der Waals surface area contributed by atoms with Gasteiger partial charge in [0.15, 0.2) is 0 Å². The molecule has 5 heteroatoms. The number of carbonyl (C=O) groups excluding carboxylic acids is 1. The minimum absolute atomic E-state index is 0.0577. The highest BCUT2D eigenvalue weighted by Gasteiger charge is 2.39. The van der Waals surface area contributed by atoms with E-state index < -0.39 is 0 Å². The van der Waals surface area contributed by atoms with Gasteiger partial charge in [0.2, 0.25) is 0 Å². The van der Waals surface area contributed by atoms with Crippen molar-refractivity contribution in [1.29, 1.82) is 0 Å². The number of amides is 1. The summed E-state index contributed by atoms with van der Waals surface area (Å²) in [4.78, 5) is 14.2. The molecule has 0 aromatic carbocycles. The summed E-state index contributed by atoms with van der Waals surface area (Å²) in [5, 5.41) is 6.88. The number of likely N-dealkylation sites (tertiary alicyclic amines) is 1. The van der Waals surface area contributed by atoms with Crippen LogP contribution in [0.1, 0.15) is 35.4 Å². The molecular formula is C13H20N4O. The van der Waals surface area contributed by atoms with Crippen molar-refractivity contribution in [1.82, 2.24) is 15.1 Å². The number of hydrogen-bond acceptors (Lipinski definition) is 3. The van der Waals surface area contributed by atoms with E-state index in [1.54, 1.807) is 0 Å². The maximum atomic E-state index is 12.3. The Kier molecular flexibility index (Phi) is 2.86. The largest absolute Gasteiger partial charge is 0.337 e. The molecule has 1 saturated heterocycles. The molecule has 3 rings (SSSR count). The summed E-state index contributed by atoms with van der Waals surface area (Å²) in [5.41, 5.74) is 7.47. The van der Waals surface area contributed by atoms with Crippen LogP contribution in [0, 0.1) is 18.8 Å². The molecular weight excluding hydrogens is 228 g/mol. The first-order valence-corrected chi connectivity index (χ1v) is 6.70. The van der Waals surface area contributed by atoms with Crippen molar-refractivity contribution in [2.75, 3.05) is 13.1 Å². The molecule has 1 aromatic rings. The Balaban J connectivity index is 1.70. The van der Waals surface area contributed by atoms with Crippen LogP contribution in [0.25, 0.3) is 0 Å². The molecule has 5 nitrogen and oxygen atoms in total. The SMILES string of the molecule is Cc1cc(C(=O)N2C[C@H]3CCC(N)C[C@H]3C2)n[nH]1. The van der Waals surface area contributed by atoms with E-state index in [1.807, 2.05) is 17.9 Å². The lowest BCUT2D eigenvalue weighted by Crippen LogP contribution is -2.32. The van der Waals surface area contributed by atoms with Gasteiger partial charge >= 0.3 is 0 Å².